The van der Waals surface area contributed by atoms with Gasteiger partial charge in [0.05, 0.1) is 0 Å². The van der Waals surface area contributed by atoms with Crippen LogP contribution in [0.5, 0.6) is 0 Å². The Labute approximate surface area is 99.5 Å². The summed E-state index contributed by atoms with van der Waals surface area (Å²) in [6.07, 6.45) is 5.66. The smallest absolute Gasteiger partial charge is 0.0373 e. The van der Waals surface area contributed by atoms with E-state index in [0.29, 0.717) is 6.04 Å². The van der Waals surface area contributed by atoms with Crippen molar-refractivity contribution in [3.63, 3.8) is 0 Å². The van der Waals surface area contributed by atoms with Crippen LogP contribution in [0.3, 0.4) is 0 Å². The van der Waals surface area contributed by atoms with Gasteiger partial charge in [-0.15, -0.1) is 0 Å². The maximum atomic E-state index is 2.51. The number of benzene rings is 1. The van der Waals surface area contributed by atoms with Crippen LogP contribution in [-0.4, -0.2) is 18.5 Å². The lowest BCUT2D eigenvalue weighted by molar-refractivity contribution is 0.185. The zero-order valence-electron chi connectivity index (χ0n) is 10.5. The minimum absolute atomic E-state index is 0.633. The van der Waals surface area contributed by atoms with Crippen LogP contribution < -0.4 is 0 Å². The molecule has 1 fully saturated rings. The van der Waals surface area contributed by atoms with Gasteiger partial charge >= 0.3 is 0 Å². The molecule has 1 aromatic rings. The number of hydrogen-bond acceptors (Lipinski definition) is 1. The molecule has 0 heterocycles. The fourth-order valence-corrected chi connectivity index (χ4v) is 3.01. The van der Waals surface area contributed by atoms with E-state index in [1.807, 2.05) is 0 Å². The topological polar surface area (TPSA) is 3.24 Å². The first-order valence-electron chi connectivity index (χ1n) is 6.58. The predicted octanol–water partition coefficient (Wildman–Crippen LogP) is 3.87. The maximum Gasteiger partial charge on any atom is 0.0373 e. The molecule has 1 aromatic carbocycles. The SMILES string of the molecule is CCN(C)C(c1ccccc1)C1CCCC1. The molecule has 0 aliphatic heterocycles. The van der Waals surface area contributed by atoms with Crippen LogP contribution in [-0.2, 0) is 0 Å². The Balaban J connectivity index is 2.20. The lowest BCUT2D eigenvalue weighted by Gasteiger charge is -2.32. The Morgan fingerprint density at radius 2 is 1.81 bits per heavy atom. The second kappa shape index (κ2) is 5.49. The minimum atomic E-state index is 0.633. The molecule has 1 unspecified atom stereocenters. The second-order valence-electron chi connectivity index (χ2n) is 4.97. The van der Waals surface area contributed by atoms with Crippen LogP contribution in [0.4, 0.5) is 0 Å². The van der Waals surface area contributed by atoms with Crippen molar-refractivity contribution in [2.45, 2.75) is 38.6 Å². The molecule has 0 spiro atoms. The summed E-state index contributed by atoms with van der Waals surface area (Å²) < 4.78 is 0. The summed E-state index contributed by atoms with van der Waals surface area (Å²) in [5.41, 5.74) is 1.50. The standard InChI is InChI=1S/C15H23N/c1-3-16(2)15(14-11-7-8-12-14)13-9-5-4-6-10-13/h4-6,9-10,14-15H,3,7-8,11-12H2,1-2H3. The molecule has 0 aromatic heterocycles. The largest absolute Gasteiger partial charge is 0.299 e. The van der Waals surface area contributed by atoms with Crippen LogP contribution in [0, 0.1) is 5.92 Å². The third-order valence-electron chi connectivity index (χ3n) is 3.96. The van der Waals surface area contributed by atoms with E-state index in [1.165, 1.54) is 31.2 Å². The molecule has 1 heteroatoms. The second-order valence-corrected chi connectivity index (χ2v) is 4.97. The molecule has 0 N–H and O–H groups in total. The summed E-state index contributed by atoms with van der Waals surface area (Å²) in [4.78, 5) is 2.51. The van der Waals surface area contributed by atoms with Crippen molar-refractivity contribution in [3.05, 3.63) is 35.9 Å². The first-order valence-corrected chi connectivity index (χ1v) is 6.58. The molecule has 1 aliphatic carbocycles. The Bertz CT molecular complexity index is 300. The molecule has 2 rings (SSSR count). The fraction of sp³-hybridized carbons (Fsp3) is 0.600. The van der Waals surface area contributed by atoms with E-state index < -0.39 is 0 Å². The molecule has 1 atom stereocenters. The molecule has 0 saturated heterocycles. The Hall–Kier alpha value is -0.820. The van der Waals surface area contributed by atoms with Crippen molar-refractivity contribution in [2.75, 3.05) is 13.6 Å². The van der Waals surface area contributed by atoms with E-state index in [0.717, 1.165) is 12.5 Å². The van der Waals surface area contributed by atoms with Gasteiger partial charge in [-0.05, 0) is 37.9 Å². The summed E-state index contributed by atoms with van der Waals surface area (Å²) >= 11 is 0. The molecule has 0 radical (unpaired) electrons. The highest BCUT2D eigenvalue weighted by atomic mass is 15.1. The van der Waals surface area contributed by atoms with Crippen LogP contribution in [0.25, 0.3) is 0 Å². The maximum absolute atomic E-state index is 2.51. The first kappa shape index (κ1) is 11.7. The van der Waals surface area contributed by atoms with Crippen molar-refractivity contribution in [3.8, 4) is 0 Å². The average molecular weight is 217 g/mol. The third-order valence-corrected chi connectivity index (χ3v) is 3.96. The fourth-order valence-electron chi connectivity index (χ4n) is 3.01. The summed E-state index contributed by atoms with van der Waals surface area (Å²) in [5, 5.41) is 0. The van der Waals surface area contributed by atoms with E-state index in [1.54, 1.807) is 0 Å². The Morgan fingerprint density at radius 1 is 1.19 bits per heavy atom. The summed E-state index contributed by atoms with van der Waals surface area (Å²) in [6.45, 7) is 3.39. The Kier molecular flexibility index (Phi) is 4.00. The highest BCUT2D eigenvalue weighted by molar-refractivity contribution is 5.20. The van der Waals surface area contributed by atoms with E-state index in [9.17, 15) is 0 Å². The molecule has 1 saturated carbocycles. The molecular weight excluding hydrogens is 194 g/mol. The van der Waals surface area contributed by atoms with E-state index in [4.69, 9.17) is 0 Å². The van der Waals surface area contributed by atoms with Gasteiger partial charge in [-0.25, -0.2) is 0 Å². The van der Waals surface area contributed by atoms with Gasteiger partial charge in [-0.2, -0.15) is 0 Å². The van der Waals surface area contributed by atoms with Crippen molar-refractivity contribution < 1.29 is 0 Å². The van der Waals surface area contributed by atoms with E-state index in [-0.39, 0.29) is 0 Å². The average Bonchev–Trinajstić information content (AvgIpc) is 2.84. The molecule has 1 aliphatic rings. The van der Waals surface area contributed by atoms with Crippen molar-refractivity contribution in [1.82, 2.24) is 4.90 Å². The molecule has 16 heavy (non-hydrogen) atoms. The van der Waals surface area contributed by atoms with Crippen LogP contribution in [0.2, 0.25) is 0 Å². The van der Waals surface area contributed by atoms with Gasteiger partial charge in [0, 0.05) is 6.04 Å². The quantitative estimate of drug-likeness (QED) is 0.740. The van der Waals surface area contributed by atoms with Crippen molar-refractivity contribution in [1.29, 1.82) is 0 Å². The van der Waals surface area contributed by atoms with Crippen LogP contribution in [0.1, 0.15) is 44.2 Å². The highest BCUT2D eigenvalue weighted by Crippen LogP contribution is 2.38. The zero-order valence-corrected chi connectivity index (χ0v) is 10.5. The minimum Gasteiger partial charge on any atom is -0.299 e. The monoisotopic (exact) mass is 217 g/mol. The lowest BCUT2D eigenvalue weighted by atomic mass is 9.90. The number of nitrogens with zero attached hydrogens (tertiary/aromatic N) is 1. The summed E-state index contributed by atoms with van der Waals surface area (Å²) in [7, 11) is 2.26. The van der Waals surface area contributed by atoms with Gasteiger partial charge in [0.25, 0.3) is 0 Å². The van der Waals surface area contributed by atoms with Crippen molar-refractivity contribution >= 4 is 0 Å². The molecule has 1 nitrogen and oxygen atoms in total. The van der Waals surface area contributed by atoms with E-state index >= 15 is 0 Å². The molecule has 0 amide bonds. The number of rotatable bonds is 4. The van der Waals surface area contributed by atoms with Crippen LogP contribution in [0.15, 0.2) is 30.3 Å². The van der Waals surface area contributed by atoms with Gasteiger partial charge < -0.3 is 0 Å². The summed E-state index contributed by atoms with van der Waals surface area (Å²) in [5.74, 6) is 0.868. The zero-order chi connectivity index (χ0) is 11.4. The molecular formula is C15H23N. The van der Waals surface area contributed by atoms with Gasteiger partial charge in [0.2, 0.25) is 0 Å². The van der Waals surface area contributed by atoms with E-state index in [2.05, 4.69) is 49.2 Å². The number of hydrogen-bond donors (Lipinski definition) is 0. The molecule has 88 valence electrons. The predicted molar refractivity (Wildman–Crippen MR) is 69.4 cm³/mol. The van der Waals surface area contributed by atoms with Gasteiger partial charge in [0.15, 0.2) is 0 Å². The lowest BCUT2D eigenvalue weighted by Crippen LogP contribution is -2.29. The highest BCUT2D eigenvalue weighted by Gasteiger charge is 2.28. The Morgan fingerprint density at radius 3 is 2.38 bits per heavy atom. The van der Waals surface area contributed by atoms with Gasteiger partial charge in [-0.1, -0.05) is 50.1 Å². The third kappa shape index (κ3) is 2.46. The normalized spacial score (nSPS) is 19.2. The summed E-state index contributed by atoms with van der Waals surface area (Å²) in [6, 6.07) is 11.7. The van der Waals surface area contributed by atoms with Gasteiger partial charge in [-0.3, -0.25) is 4.90 Å². The van der Waals surface area contributed by atoms with Crippen molar-refractivity contribution in [2.24, 2.45) is 5.92 Å². The van der Waals surface area contributed by atoms with Gasteiger partial charge in [0.1, 0.15) is 0 Å². The molecule has 0 bridgehead atoms. The first-order chi connectivity index (χ1) is 7.83. The van der Waals surface area contributed by atoms with Crippen LogP contribution >= 0.6 is 0 Å².